The molecule has 4 nitrogen and oxygen atoms in total. The second-order valence-electron chi connectivity index (χ2n) is 5.05. The van der Waals surface area contributed by atoms with Gasteiger partial charge in [0.15, 0.2) is 5.16 Å². The van der Waals surface area contributed by atoms with Crippen LogP contribution in [0.25, 0.3) is 11.3 Å². The molecule has 25 heavy (non-hydrogen) atoms. The van der Waals surface area contributed by atoms with Crippen molar-refractivity contribution in [2.75, 3.05) is 11.1 Å². The molecule has 1 amide bonds. The van der Waals surface area contributed by atoms with Crippen molar-refractivity contribution >= 4 is 23.4 Å². The van der Waals surface area contributed by atoms with Gasteiger partial charge in [0.2, 0.25) is 5.91 Å². The molecule has 7 heteroatoms. The minimum absolute atomic E-state index is 0.0429. The summed E-state index contributed by atoms with van der Waals surface area (Å²) < 4.78 is 26.5. The lowest BCUT2D eigenvalue weighted by Crippen LogP contribution is -2.15. The predicted molar refractivity (Wildman–Crippen MR) is 93.2 cm³/mol. The fourth-order valence-electron chi connectivity index (χ4n) is 2.07. The number of nitrogens with one attached hydrogen (secondary N) is 1. The van der Waals surface area contributed by atoms with Crippen LogP contribution >= 0.6 is 11.8 Å². The first kappa shape index (κ1) is 17.0. The average molecular weight is 357 g/mol. The molecule has 126 valence electrons. The highest BCUT2D eigenvalue weighted by Crippen LogP contribution is 2.21. The topological polar surface area (TPSA) is 54.9 Å². The lowest BCUT2D eigenvalue weighted by atomic mass is 10.1. The van der Waals surface area contributed by atoms with Gasteiger partial charge in [-0.05, 0) is 42.5 Å². The summed E-state index contributed by atoms with van der Waals surface area (Å²) in [5, 5.41) is 2.91. The van der Waals surface area contributed by atoms with Crippen molar-refractivity contribution in [1.29, 1.82) is 0 Å². The average Bonchev–Trinajstić information content (AvgIpc) is 2.63. The molecule has 0 unspecified atom stereocenters. The molecule has 1 aromatic heterocycles. The number of halogens is 2. The van der Waals surface area contributed by atoms with Gasteiger partial charge in [0.25, 0.3) is 0 Å². The van der Waals surface area contributed by atoms with Gasteiger partial charge in [0, 0.05) is 11.8 Å². The summed E-state index contributed by atoms with van der Waals surface area (Å²) >= 11 is 1.13. The Hall–Kier alpha value is -2.80. The lowest BCUT2D eigenvalue weighted by molar-refractivity contribution is -0.113. The smallest absolute Gasteiger partial charge is 0.234 e. The van der Waals surface area contributed by atoms with Crippen LogP contribution in [-0.2, 0) is 4.79 Å². The predicted octanol–water partition coefficient (Wildman–Crippen LogP) is 4.15. The van der Waals surface area contributed by atoms with Crippen molar-refractivity contribution in [2.45, 2.75) is 5.16 Å². The van der Waals surface area contributed by atoms with E-state index < -0.39 is 5.82 Å². The van der Waals surface area contributed by atoms with E-state index in [4.69, 9.17) is 0 Å². The van der Waals surface area contributed by atoms with E-state index in [1.54, 1.807) is 36.5 Å². The fraction of sp³-hybridized carbons (Fsp3) is 0.0556. The summed E-state index contributed by atoms with van der Waals surface area (Å²) in [7, 11) is 0. The Kier molecular flexibility index (Phi) is 5.35. The van der Waals surface area contributed by atoms with E-state index in [2.05, 4.69) is 15.3 Å². The van der Waals surface area contributed by atoms with Crippen LogP contribution in [0.2, 0.25) is 0 Å². The number of aromatic nitrogens is 2. The number of carbonyl (C=O) groups excluding carboxylic acids is 1. The number of rotatable bonds is 5. The molecule has 0 spiro atoms. The van der Waals surface area contributed by atoms with Gasteiger partial charge in [-0.25, -0.2) is 18.7 Å². The number of anilines is 1. The molecule has 0 fully saturated rings. The monoisotopic (exact) mass is 357 g/mol. The maximum atomic E-state index is 13.5. The highest BCUT2D eigenvalue weighted by molar-refractivity contribution is 7.99. The Balaban J connectivity index is 1.63. The summed E-state index contributed by atoms with van der Waals surface area (Å²) in [5.41, 5.74) is 1.52. The van der Waals surface area contributed by atoms with E-state index in [0.29, 0.717) is 10.9 Å². The van der Waals surface area contributed by atoms with E-state index in [1.807, 2.05) is 0 Å². The Bertz CT molecular complexity index is 887. The maximum absolute atomic E-state index is 13.5. The van der Waals surface area contributed by atoms with Gasteiger partial charge in [-0.1, -0.05) is 23.9 Å². The summed E-state index contributed by atoms with van der Waals surface area (Å²) in [6, 6.07) is 13.6. The molecule has 1 N–H and O–H groups in total. The molecule has 2 aromatic carbocycles. The van der Waals surface area contributed by atoms with Crippen LogP contribution in [-0.4, -0.2) is 21.6 Å². The molecule has 0 aliphatic heterocycles. The SMILES string of the molecule is O=C(CSc1nccc(-c2ccc(F)cc2)n1)Nc1ccccc1F. The maximum Gasteiger partial charge on any atom is 0.234 e. The van der Waals surface area contributed by atoms with Crippen LogP contribution in [0.1, 0.15) is 0 Å². The van der Waals surface area contributed by atoms with E-state index >= 15 is 0 Å². The van der Waals surface area contributed by atoms with Crippen molar-refractivity contribution in [3.05, 3.63) is 72.4 Å². The van der Waals surface area contributed by atoms with Gasteiger partial charge < -0.3 is 5.32 Å². The molecule has 0 atom stereocenters. The number of hydrogen-bond acceptors (Lipinski definition) is 4. The Morgan fingerprint density at radius 2 is 1.80 bits per heavy atom. The highest BCUT2D eigenvalue weighted by Gasteiger charge is 2.09. The Morgan fingerprint density at radius 1 is 1.04 bits per heavy atom. The molecule has 0 aliphatic rings. The minimum Gasteiger partial charge on any atom is -0.323 e. The third-order valence-electron chi connectivity index (χ3n) is 3.25. The van der Waals surface area contributed by atoms with Crippen LogP contribution in [0.3, 0.4) is 0 Å². The largest absolute Gasteiger partial charge is 0.323 e. The molecule has 3 rings (SSSR count). The summed E-state index contributed by atoms with van der Waals surface area (Å²) in [6.45, 7) is 0. The molecular formula is C18H13F2N3OS. The van der Waals surface area contributed by atoms with Crippen LogP contribution < -0.4 is 5.32 Å². The molecule has 1 heterocycles. The highest BCUT2D eigenvalue weighted by atomic mass is 32.2. The third-order valence-corrected chi connectivity index (χ3v) is 4.12. The van der Waals surface area contributed by atoms with Crippen molar-refractivity contribution < 1.29 is 13.6 Å². The number of benzene rings is 2. The Labute approximate surface area is 147 Å². The first-order chi connectivity index (χ1) is 12.1. The van der Waals surface area contributed by atoms with Crippen LogP contribution in [0.4, 0.5) is 14.5 Å². The molecule has 3 aromatic rings. The normalized spacial score (nSPS) is 10.5. The van der Waals surface area contributed by atoms with Gasteiger partial charge in [-0.3, -0.25) is 4.79 Å². The zero-order chi connectivity index (χ0) is 17.6. The number of nitrogens with zero attached hydrogens (tertiary/aromatic N) is 2. The molecule has 0 saturated carbocycles. The van der Waals surface area contributed by atoms with Gasteiger partial charge in [-0.15, -0.1) is 0 Å². The quantitative estimate of drug-likeness (QED) is 0.550. The summed E-state index contributed by atoms with van der Waals surface area (Å²) in [4.78, 5) is 20.4. The summed E-state index contributed by atoms with van der Waals surface area (Å²) in [6.07, 6.45) is 1.57. The third kappa shape index (κ3) is 4.60. The van der Waals surface area contributed by atoms with Gasteiger partial charge in [0.1, 0.15) is 11.6 Å². The van der Waals surface area contributed by atoms with Crippen LogP contribution in [0.15, 0.2) is 66.0 Å². The minimum atomic E-state index is -0.490. The first-order valence-electron chi connectivity index (χ1n) is 7.38. The van der Waals surface area contributed by atoms with E-state index in [1.165, 1.54) is 24.3 Å². The molecule has 0 aliphatic carbocycles. The van der Waals surface area contributed by atoms with Crippen LogP contribution in [0, 0.1) is 11.6 Å². The number of amides is 1. The van der Waals surface area contributed by atoms with Gasteiger partial charge in [0.05, 0.1) is 17.1 Å². The second kappa shape index (κ2) is 7.85. The zero-order valence-electron chi connectivity index (χ0n) is 12.9. The number of carbonyl (C=O) groups is 1. The fourth-order valence-corrected chi connectivity index (χ4v) is 2.70. The number of para-hydroxylation sites is 1. The first-order valence-corrected chi connectivity index (χ1v) is 8.36. The molecular weight excluding hydrogens is 344 g/mol. The number of thioether (sulfide) groups is 1. The molecule has 0 bridgehead atoms. The van der Waals surface area contributed by atoms with Gasteiger partial charge in [-0.2, -0.15) is 0 Å². The zero-order valence-corrected chi connectivity index (χ0v) is 13.8. The van der Waals surface area contributed by atoms with Crippen molar-refractivity contribution in [3.8, 4) is 11.3 Å². The van der Waals surface area contributed by atoms with Crippen molar-refractivity contribution in [3.63, 3.8) is 0 Å². The van der Waals surface area contributed by atoms with Crippen molar-refractivity contribution in [1.82, 2.24) is 9.97 Å². The van der Waals surface area contributed by atoms with E-state index in [-0.39, 0.29) is 23.2 Å². The van der Waals surface area contributed by atoms with Gasteiger partial charge >= 0.3 is 0 Å². The lowest BCUT2D eigenvalue weighted by Gasteiger charge is -2.06. The number of hydrogen-bond donors (Lipinski definition) is 1. The Morgan fingerprint density at radius 3 is 2.56 bits per heavy atom. The van der Waals surface area contributed by atoms with E-state index in [0.717, 1.165) is 17.3 Å². The van der Waals surface area contributed by atoms with Crippen LogP contribution in [0.5, 0.6) is 0 Å². The second-order valence-corrected chi connectivity index (χ2v) is 5.99. The molecule has 0 radical (unpaired) electrons. The standard InChI is InChI=1S/C18H13F2N3OS/c19-13-7-5-12(6-8-13)15-9-10-21-18(23-15)25-11-17(24)22-16-4-2-1-3-14(16)20/h1-10H,11H2,(H,22,24). The molecule has 0 saturated heterocycles. The summed E-state index contributed by atoms with van der Waals surface area (Å²) in [5.74, 6) is -1.13. The van der Waals surface area contributed by atoms with Crippen molar-refractivity contribution in [2.24, 2.45) is 0 Å². The van der Waals surface area contributed by atoms with E-state index in [9.17, 15) is 13.6 Å².